The molecule has 11 heavy (non-hydrogen) atoms. The Bertz CT molecular complexity index is 264. The van der Waals surface area contributed by atoms with E-state index in [9.17, 15) is 9.18 Å². The minimum atomic E-state index is -0.866. The molecule has 0 aromatic carbocycles. The van der Waals surface area contributed by atoms with Gasteiger partial charge in [0.05, 0.1) is 5.56 Å². The summed E-state index contributed by atoms with van der Waals surface area (Å²) in [5, 5.41) is 0. The Hall–Kier alpha value is -0.790. The fraction of sp³-hybridized carbons (Fsp3) is 0. The number of aromatic nitrogens is 2. The van der Waals surface area contributed by atoms with E-state index in [0.29, 0.717) is 0 Å². The van der Waals surface area contributed by atoms with Crippen molar-refractivity contribution in [2.45, 2.75) is 0 Å². The van der Waals surface area contributed by atoms with Gasteiger partial charge in [-0.1, -0.05) is 0 Å². The Morgan fingerprint density at radius 1 is 1.55 bits per heavy atom. The first-order chi connectivity index (χ1) is 5.24. The predicted octanol–water partition coefficient (Wildman–Crippen LogP) is 1.12. The van der Waals surface area contributed by atoms with Crippen molar-refractivity contribution in [1.29, 1.82) is 0 Å². The van der Waals surface area contributed by atoms with Crippen LogP contribution >= 0.6 is 23.0 Å². The highest BCUT2D eigenvalue weighted by atomic mass is 127. The fourth-order valence-electron chi connectivity index (χ4n) is 0.462. The Labute approximate surface area is 75.5 Å². The van der Waals surface area contributed by atoms with Crippen molar-refractivity contribution in [2.75, 3.05) is 0 Å². The first-order valence-electron chi connectivity index (χ1n) is 2.54. The number of rotatable bonds is 1. The van der Waals surface area contributed by atoms with Crippen LogP contribution in [-0.4, -0.2) is 15.9 Å². The maximum atomic E-state index is 12.1. The van der Waals surface area contributed by atoms with Crippen LogP contribution in [0.15, 0.2) is 12.4 Å². The molecule has 1 aromatic rings. The molecule has 0 N–H and O–H groups in total. The standard InChI is InChI=1S/C5H2FIN2O2/c6-5-8-1-3(2-9-5)4(10)11-7/h1-2H. The second-order valence-electron chi connectivity index (χ2n) is 1.61. The fourth-order valence-corrected chi connectivity index (χ4v) is 0.716. The maximum Gasteiger partial charge on any atom is 0.350 e. The third kappa shape index (κ3) is 2.07. The normalized spacial score (nSPS) is 9.27. The lowest BCUT2D eigenvalue weighted by molar-refractivity contribution is 0.0799. The van der Waals surface area contributed by atoms with Crippen molar-refractivity contribution in [1.82, 2.24) is 9.97 Å². The van der Waals surface area contributed by atoms with Gasteiger partial charge in [-0.25, -0.2) is 14.8 Å². The number of carbonyl (C=O) groups excluding carboxylic acids is 1. The van der Waals surface area contributed by atoms with Crippen LogP contribution in [0.25, 0.3) is 0 Å². The van der Waals surface area contributed by atoms with Crippen LogP contribution in [0.3, 0.4) is 0 Å². The molecule has 4 nitrogen and oxygen atoms in total. The van der Waals surface area contributed by atoms with E-state index >= 15 is 0 Å². The van der Waals surface area contributed by atoms with E-state index in [1.807, 2.05) is 0 Å². The molecule has 1 rings (SSSR count). The van der Waals surface area contributed by atoms with E-state index in [2.05, 4.69) is 13.0 Å². The third-order valence-electron chi connectivity index (χ3n) is 0.926. The summed E-state index contributed by atoms with van der Waals surface area (Å²) >= 11 is 1.43. The molecule has 1 heterocycles. The van der Waals surface area contributed by atoms with Crippen molar-refractivity contribution in [3.05, 3.63) is 24.0 Å². The summed E-state index contributed by atoms with van der Waals surface area (Å²) in [5.41, 5.74) is 0.126. The zero-order valence-corrected chi connectivity index (χ0v) is 7.28. The monoisotopic (exact) mass is 268 g/mol. The van der Waals surface area contributed by atoms with E-state index in [1.54, 1.807) is 0 Å². The van der Waals surface area contributed by atoms with Crippen LogP contribution in [0.2, 0.25) is 0 Å². The minimum Gasteiger partial charge on any atom is -0.391 e. The minimum absolute atomic E-state index is 0.126. The van der Waals surface area contributed by atoms with Gasteiger partial charge in [0.1, 0.15) is 0 Å². The van der Waals surface area contributed by atoms with Crippen LogP contribution in [0.5, 0.6) is 0 Å². The zero-order valence-electron chi connectivity index (χ0n) is 5.12. The lowest BCUT2D eigenvalue weighted by Gasteiger charge is -1.93. The smallest absolute Gasteiger partial charge is 0.350 e. The van der Waals surface area contributed by atoms with Gasteiger partial charge in [0.2, 0.25) is 0 Å². The van der Waals surface area contributed by atoms with Gasteiger partial charge in [-0.05, 0) is 0 Å². The van der Waals surface area contributed by atoms with Crippen molar-refractivity contribution < 1.29 is 12.3 Å². The molecule has 0 fully saturated rings. The first-order valence-corrected chi connectivity index (χ1v) is 3.42. The first kappa shape index (κ1) is 8.31. The van der Waals surface area contributed by atoms with Gasteiger partial charge < -0.3 is 3.07 Å². The van der Waals surface area contributed by atoms with E-state index in [-0.39, 0.29) is 5.56 Å². The zero-order chi connectivity index (χ0) is 8.27. The summed E-state index contributed by atoms with van der Waals surface area (Å²) in [7, 11) is 0. The van der Waals surface area contributed by atoms with Gasteiger partial charge in [-0.15, -0.1) is 0 Å². The Kier molecular flexibility index (Phi) is 2.69. The van der Waals surface area contributed by atoms with Crippen molar-refractivity contribution in [3.63, 3.8) is 0 Å². The van der Waals surface area contributed by atoms with Gasteiger partial charge in [0.15, 0.2) is 23.0 Å². The van der Waals surface area contributed by atoms with Gasteiger partial charge in [-0.3, -0.25) is 0 Å². The summed E-state index contributed by atoms with van der Waals surface area (Å²) in [6.07, 6.45) is 1.25. The average Bonchev–Trinajstić information content (AvgIpc) is 2.05. The van der Waals surface area contributed by atoms with E-state index in [1.165, 1.54) is 23.0 Å². The molecule has 0 aliphatic carbocycles. The van der Waals surface area contributed by atoms with Crippen LogP contribution in [0.4, 0.5) is 4.39 Å². The summed E-state index contributed by atoms with van der Waals surface area (Å²) in [5.74, 6) is -0.592. The highest BCUT2D eigenvalue weighted by Gasteiger charge is 2.06. The van der Waals surface area contributed by atoms with Crippen molar-refractivity contribution >= 4 is 29.0 Å². The van der Waals surface area contributed by atoms with Crippen LogP contribution in [0, 0.1) is 6.08 Å². The van der Waals surface area contributed by atoms with Gasteiger partial charge in [0.25, 0.3) is 0 Å². The largest absolute Gasteiger partial charge is 0.391 e. The second kappa shape index (κ2) is 3.56. The van der Waals surface area contributed by atoms with Gasteiger partial charge in [0, 0.05) is 12.4 Å². The molecule has 0 amide bonds. The number of nitrogens with zero attached hydrogens (tertiary/aromatic N) is 2. The molecule has 0 saturated carbocycles. The summed E-state index contributed by atoms with van der Waals surface area (Å²) in [6.45, 7) is 0. The topological polar surface area (TPSA) is 52.1 Å². The van der Waals surface area contributed by atoms with Gasteiger partial charge >= 0.3 is 12.0 Å². The summed E-state index contributed by atoms with van der Waals surface area (Å²) in [6, 6.07) is 0. The average molecular weight is 268 g/mol. The molecule has 58 valence electrons. The van der Waals surface area contributed by atoms with Crippen LogP contribution < -0.4 is 0 Å². The highest BCUT2D eigenvalue weighted by Crippen LogP contribution is 2.00. The lowest BCUT2D eigenvalue weighted by atomic mass is 10.4. The number of hydrogen-bond donors (Lipinski definition) is 0. The Morgan fingerprint density at radius 3 is 2.55 bits per heavy atom. The van der Waals surface area contributed by atoms with E-state index < -0.39 is 12.0 Å². The molecule has 0 spiro atoms. The summed E-state index contributed by atoms with van der Waals surface area (Å²) < 4.78 is 16.4. The summed E-state index contributed by atoms with van der Waals surface area (Å²) in [4.78, 5) is 17.0. The van der Waals surface area contributed by atoms with E-state index in [4.69, 9.17) is 0 Å². The van der Waals surface area contributed by atoms with Gasteiger partial charge in [-0.2, -0.15) is 4.39 Å². The molecular weight excluding hydrogens is 266 g/mol. The molecule has 0 atom stereocenters. The number of halogens is 2. The van der Waals surface area contributed by atoms with Crippen molar-refractivity contribution in [2.24, 2.45) is 0 Å². The SMILES string of the molecule is O=C(OI)c1cnc(F)nc1. The third-order valence-corrected chi connectivity index (χ3v) is 1.33. The second-order valence-corrected chi connectivity index (χ2v) is 2.05. The Balaban J connectivity index is 2.90. The molecule has 0 saturated heterocycles. The molecule has 0 radical (unpaired) electrons. The predicted molar refractivity (Wildman–Crippen MR) is 41.4 cm³/mol. The molecule has 0 aliphatic heterocycles. The maximum absolute atomic E-state index is 12.1. The molecule has 1 aromatic heterocycles. The molecule has 0 unspecified atom stereocenters. The quantitative estimate of drug-likeness (QED) is 0.565. The molecule has 0 aliphatic rings. The molecule has 0 bridgehead atoms. The Morgan fingerprint density at radius 2 is 2.09 bits per heavy atom. The highest BCUT2D eigenvalue weighted by molar-refractivity contribution is 14.1. The van der Waals surface area contributed by atoms with Crippen LogP contribution in [-0.2, 0) is 3.07 Å². The molecular formula is C5H2FIN2O2. The van der Waals surface area contributed by atoms with Crippen LogP contribution in [0.1, 0.15) is 10.4 Å². The van der Waals surface area contributed by atoms with E-state index in [0.717, 1.165) is 12.4 Å². The number of carbonyl (C=O) groups is 1. The molecule has 6 heteroatoms. The van der Waals surface area contributed by atoms with Crippen molar-refractivity contribution in [3.8, 4) is 0 Å². The number of hydrogen-bond acceptors (Lipinski definition) is 4. The lowest BCUT2D eigenvalue weighted by Crippen LogP contribution is -2.00.